The van der Waals surface area contributed by atoms with Gasteiger partial charge in [-0.2, -0.15) is 0 Å². The lowest BCUT2D eigenvalue weighted by molar-refractivity contribution is -0.137. The van der Waals surface area contributed by atoms with E-state index in [2.05, 4.69) is 13.2 Å². The van der Waals surface area contributed by atoms with Crippen LogP contribution in [-0.2, 0) is 27.3 Å². The van der Waals surface area contributed by atoms with E-state index in [1.54, 1.807) is 0 Å². The molecule has 0 atom stereocenters. The second kappa shape index (κ2) is 8.73. The number of rotatable bonds is 10. The maximum absolute atomic E-state index is 11.2. The number of hydrogen-bond acceptors (Lipinski definition) is 6. The summed E-state index contributed by atoms with van der Waals surface area (Å²) in [5.41, 5.74) is 0. The van der Waals surface area contributed by atoms with Gasteiger partial charge in [0, 0.05) is 12.2 Å². The Labute approximate surface area is 142 Å². The Morgan fingerprint density at radius 3 is 1.35 bits per heavy atom. The molecular weight excluding hydrogens is 348 g/mol. The highest BCUT2D eigenvalue weighted by Gasteiger charge is 2.40. The highest BCUT2D eigenvalue weighted by molar-refractivity contribution is 6.87. The minimum atomic E-state index is -2.45. The van der Waals surface area contributed by atoms with Crippen LogP contribution in [0.4, 0.5) is 0 Å². The van der Waals surface area contributed by atoms with Crippen molar-refractivity contribution in [2.24, 2.45) is 0 Å². The molecular formula is C14H28O6Si3. The molecule has 0 rings (SSSR count). The van der Waals surface area contributed by atoms with E-state index in [4.69, 9.17) is 17.7 Å². The van der Waals surface area contributed by atoms with Crippen molar-refractivity contribution in [3.8, 4) is 0 Å². The third-order valence-corrected chi connectivity index (χ3v) is 12.5. The number of ether oxygens (including phenoxy) is 2. The molecule has 0 bridgehead atoms. The number of esters is 2. The molecule has 0 amide bonds. The summed E-state index contributed by atoms with van der Waals surface area (Å²) >= 11 is 0. The van der Waals surface area contributed by atoms with Crippen molar-refractivity contribution in [2.75, 3.05) is 12.5 Å². The van der Waals surface area contributed by atoms with E-state index in [1.807, 2.05) is 39.3 Å². The molecule has 0 radical (unpaired) electrons. The topological polar surface area (TPSA) is 71.1 Å². The standard InChI is InChI=1S/C14H28O6Si3/c1-9-13(15)17-11-21(3,4)19-23(7,8)20-22(5,6)12-18-14(16)10-2/h9-10H,1-2,11-12H2,3-8H3. The molecule has 0 saturated carbocycles. The van der Waals surface area contributed by atoms with Crippen LogP contribution >= 0.6 is 0 Å². The molecule has 0 fully saturated rings. The second-order valence-electron chi connectivity index (χ2n) is 6.75. The molecule has 0 saturated heterocycles. The molecule has 0 aromatic heterocycles. The van der Waals surface area contributed by atoms with Crippen LogP contribution in [0.1, 0.15) is 0 Å². The van der Waals surface area contributed by atoms with Gasteiger partial charge in [-0.3, -0.25) is 0 Å². The number of hydrogen-bond donors (Lipinski definition) is 0. The largest absolute Gasteiger partial charge is 0.463 e. The quantitative estimate of drug-likeness (QED) is 0.332. The summed E-state index contributed by atoms with van der Waals surface area (Å²) < 4.78 is 22.6. The van der Waals surface area contributed by atoms with E-state index in [0.29, 0.717) is 0 Å². The molecule has 23 heavy (non-hydrogen) atoms. The molecule has 0 aliphatic rings. The fraction of sp³-hybridized carbons (Fsp3) is 0.571. The highest BCUT2D eigenvalue weighted by atomic mass is 28.5. The fourth-order valence-corrected chi connectivity index (χ4v) is 14.7. The lowest BCUT2D eigenvalue weighted by Gasteiger charge is -2.37. The molecule has 0 aromatic rings. The zero-order valence-corrected chi connectivity index (χ0v) is 17.9. The SMILES string of the molecule is C=CC(=O)OC[Si](C)(C)O[Si](C)(C)O[Si](C)(C)COC(=O)C=C. The molecule has 6 nitrogen and oxygen atoms in total. The average Bonchev–Trinajstić information content (AvgIpc) is 2.39. The summed E-state index contributed by atoms with van der Waals surface area (Å²) in [6, 6.07) is 0. The van der Waals surface area contributed by atoms with Gasteiger partial charge in [0.25, 0.3) is 0 Å². The first kappa shape index (κ1) is 22.0. The van der Waals surface area contributed by atoms with Crippen molar-refractivity contribution >= 4 is 37.1 Å². The van der Waals surface area contributed by atoms with Gasteiger partial charge < -0.3 is 17.7 Å². The molecule has 0 aliphatic heterocycles. The second-order valence-corrected chi connectivity index (χ2v) is 18.8. The van der Waals surface area contributed by atoms with Crippen LogP contribution in [0, 0.1) is 0 Å². The lowest BCUT2D eigenvalue weighted by Crippen LogP contribution is -2.55. The van der Waals surface area contributed by atoms with E-state index in [1.165, 1.54) is 0 Å². The van der Waals surface area contributed by atoms with Gasteiger partial charge in [-0.15, -0.1) is 0 Å². The van der Waals surface area contributed by atoms with Crippen LogP contribution in [0.3, 0.4) is 0 Å². The van der Waals surface area contributed by atoms with E-state index < -0.39 is 37.1 Å². The minimum Gasteiger partial charge on any atom is -0.463 e. The van der Waals surface area contributed by atoms with Gasteiger partial charge in [-0.25, -0.2) is 9.59 Å². The monoisotopic (exact) mass is 376 g/mol. The van der Waals surface area contributed by atoms with Gasteiger partial charge >= 0.3 is 20.5 Å². The average molecular weight is 377 g/mol. The van der Waals surface area contributed by atoms with Gasteiger partial charge in [0.05, 0.1) is 0 Å². The van der Waals surface area contributed by atoms with Gasteiger partial charge in [0.1, 0.15) is 12.5 Å². The van der Waals surface area contributed by atoms with Crippen LogP contribution in [0.5, 0.6) is 0 Å². The van der Waals surface area contributed by atoms with Crippen LogP contribution in [0.15, 0.2) is 25.3 Å². The van der Waals surface area contributed by atoms with Crippen molar-refractivity contribution in [2.45, 2.75) is 39.3 Å². The molecule has 9 heteroatoms. The highest BCUT2D eigenvalue weighted by Crippen LogP contribution is 2.21. The van der Waals surface area contributed by atoms with Gasteiger partial charge in [0.15, 0.2) is 0 Å². The predicted molar refractivity (Wildman–Crippen MR) is 96.9 cm³/mol. The van der Waals surface area contributed by atoms with Crippen molar-refractivity contribution in [3.63, 3.8) is 0 Å². The molecule has 0 aromatic carbocycles. The van der Waals surface area contributed by atoms with Crippen molar-refractivity contribution in [1.82, 2.24) is 0 Å². The smallest absolute Gasteiger partial charge is 0.329 e. The van der Waals surface area contributed by atoms with Crippen LogP contribution < -0.4 is 0 Å². The Morgan fingerprint density at radius 1 is 0.783 bits per heavy atom. The fourth-order valence-electron chi connectivity index (χ4n) is 2.02. The third-order valence-electron chi connectivity index (χ3n) is 2.50. The zero-order valence-electron chi connectivity index (χ0n) is 14.9. The van der Waals surface area contributed by atoms with E-state index in [0.717, 1.165) is 12.2 Å². The first-order chi connectivity index (χ1) is 10.3. The van der Waals surface area contributed by atoms with Crippen molar-refractivity contribution in [1.29, 1.82) is 0 Å². The Balaban J connectivity index is 4.65. The predicted octanol–water partition coefficient (Wildman–Crippen LogP) is 2.67. The maximum atomic E-state index is 11.2. The third kappa shape index (κ3) is 10.4. The van der Waals surface area contributed by atoms with Gasteiger partial charge in [-0.05, 0) is 39.3 Å². The normalized spacial score (nSPS) is 12.4. The van der Waals surface area contributed by atoms with E-state index in [-0.39, 0.29) is 12.5 Å². The molecule has 0 heterocycles. The number of carbonyl (C=O) groups is 2. The summed E-state index contributed by atoms with van der Waals surface area (Å²) in [5.74, 6) is -0.916. The molecule has 0 unspecified atom stereocenters. The van der Waals surface area contributed by atoms with Crippen LogP contribution in [0.2, 0.25) is 39.3 Å². The maximum Gasteiger partial charge on any atom is 0.329 e. The summed E-state index contributed by atoms with van der Waals surface area (Å²) in [6.45, 7) is 18.5. The Hall–Kier alpha value is -1.01. The van der Waals surface area contributed by atoms with Gasteiger partial charge in [-0.1, -0.05) is 13.2 Å². The summed E-state index contributed by atoms with van der Waals surface area (Å²) in [5, 5.41) is 0. The first-order valence-electron chi connectivity index (χ1n) is 7.31. The molecule has 0 N–H and O–H groups in total. The van der Waals surface area contributed by atoms with Gasteiger partial charge in [0.2, 0.25) is 16.6 Å². The van der Waals surface area contributed by atoms with E-state index >= 15 is 0 Å². The Bertz CT molecular complexity index is 419. The first-order valence-corrected chi connectivity index (χ1v) is 16.4. The summed E-state index contributed by atoms with van der Waals surface area (Å²) in [6.07, 6.45) is 2.75. The van der Waals surface area contributed by atoms with Crippen molar-refractivity contribution < 1.29 is 27.3 Å². The van der Waals surface area contributed by atoms with Crippen LogP contribution in [-0.4, -0.2) is 49.6 Å². The lowest BCUT2D eigenvalue weighted by atomic mass is 10.7. The van der Waals surface area contributed by atoms with Crippen molar-refractivity contribution in [3.05, 3.63) is 25.3 Å². The Morgan fingerprint density at radius 2 is 1.09 bits per heavy atom. The van der Waals surface area contributed by atoms with E-state index in [9.17, 15) is 9.59 Å². The number of carbonyl (C=O) groups excluding carboxylic acids is 2. The molecule has 132 valence electrons. The zero-order chi connectivity index (χ0) is 18.3. The molecule has 0 spiro atoms. The van der Waals surface area contributed by atoms with Crippen LogP contribution in [0.25, 0.3) is 0 Å². The Kier molecular flexibility index (Phi) is 8.35. The molecule has 0 aliphatic carbocycles. The summed E-state index contributed by atoms with van der Waals surface area (Å²) in [4.78, 5) is 22.4. The summed E-state index contributed by atoms with van der Waals surface area (Å²) in [7, 11) is -6.90. The minimum absolute atomic E-state index is 0.241.